The third-order valence-electron chi connectivity index (χ3n) is 2.59. The van der Waals surface area contributed by atoms with Gasteiger partial charge in [0.2, 0.25) is 0 Å². The molecule has 7 heteroatoms. The van der Waals surface area contributed by atoms with E-state index in [0.29, 0.717) is 5.56 Å². The third kappa shape index (κ3) is 3.91. The third-order valence-corrected chi connectivity index (χ3v) is 3.61. The highest BCUT2D eigenvalue weighted by atomic mass is 32.1. The van der Waals surface area contributed by atoms with E-state index in [1.165, 1.54) is 6.07 Å². The monoisotopic (exact) mass is 314 g/mol. The van der Waals surface area contributed by atoms with Crippen LogP contribution in [0.25, 0.3) is 0 Å². The standard InChI is InChI=1S/C14H12F2O4S/c1-8-6-11(12(21-8)13(17)18)19-7-9-4-2-3-5-10(9)20-14(15)16/h2-6,14H,7H2,1H3,(H,17,18). The maximum absolute atomic E-state index is 12.3. The molecule has 0 aliphatic rings. The fourth-order valence-corrected chi connectivity index (χ4v) is 2.53. The van der Waals surface area contributed by atoms with Gasteiger partial charge >= 0.3 is 12.6 Å². The van der Waals surface area contributed by atoms with Crippen molar-refractivity contribution in [2.75, 3.05) is 0 Å². The van der Waals surface area contributed by atoms with E-state index in [4.69, 9.17) is 9.84 Å². The Bertz CT molecular complexity index is 640. The van der Waals surface area contributed by atoms with Crippen molar-refractivity contribution in [2.24, 2.45) is 0 Å². The summed E-state index contributed by atoms with van der Waals surface area (Å²) in [5, 5.41) is 9.06. The number of carbonyl (C=O) groups is 1. The molecule has 0 atom stereocenters. The number of thiophene rings is 1. The summed E-state index contributed by atoms with van der Waals surface area (Å²) in [6.45, 7) is -1.22. The van der Waals surface area contributed by atoms with Crippen LogP contribution in [0.1, 0.15) is 20.1 Å². The van der Waals surface area contributed by atoms with Gasteiger partial charge in [-0.2, -0.15) is 8.78 Å². The van der Waals surface area contributed by atoms with Crippen LogP contribution in [0.15, 0.2) is 30.3 Å². The summed E-state index contributed by atoms with van der Waals surface area (Å²) < 4.78 is 34.4. The van der Waals surface area contributed by atoms with Gasteiger partial charge in [0, 0.05) is 10.4 Å². The molecule has 0 saturated heterocycles. The van der Waals surface area contributed by atoms with Crippen LogP contribution in [0, 0.1) is 6.92 Å². The van der Waals surface area contributed by atoms with Crippen molar-refractivity contribution in [2.45, 2.75) is 20.1 Å². The molecule has 0 spiro atoms. The quantitative estimate of drug-likeness (QED) is 0.877. The highest BCUT2D eigenvalue weighted by Gasteiger charge is 2.16. The molecule has 1 N–H and O–H groups in total. The fraction of sp³-hybridized carbons (Fsp3) is 0.214. The first-order chi connectivity index (χ1) is 9.97. The van der Waals surface area contributed by atoms with E-state index in [0.717, 1.165) is 16.2 Å². The zero-order valence-corrected chi connectivity index (χ0v) is 11.8. The number of halogens is 2. The van der Waals surface area contributed by atoms with Gasteiger partial charge in [-0.15, -0.1) is 11.3 Å². The van der Waals surface area contributed by atoms with Crippen LogP contribution in [0.5, 0.6) is 11.5 Å². The molecular weight excluding hydrogens is 302 g/mol. The van der Waals surface area contributed by atoms with Crippen LogP contribution in [0.2, 0.25) is 0 Å². The minimum absolute atomic E-state index is 0.0105. The average molecular weight is 314 g/mol. The SMILES string of the molecule is Cc1cc(OCc2ccccc2OC(F)F)c(C(=O)O)s1. The molecule has 2 aromatic rings. The van der Waals surface area contributed by atoms with Crippen molar-refractivity contribution >= 4 is 17.3 Å². The maximum Gasteiger partial charge on any atom is 0.387 e. The predicted molar refractivity (Wildman–Crippen MR) is 73.4 cm³/mol. The zero-order chi connectivity index (χ0) is 15.4. The number of aryl methyl sites for hydroxylation is 1. The molecular formula is C14H12F2O4S. The lowest BCUT2D eigenvalue weighted by atomic mass is 10.2. The highest BCUT2D eigenvalue weighted by molar-refractivity contribution is 7.14. The molecule has 0 fully saturated rings. The molecule has 1 aromatic carbocycles. The minimum Gasteiger partial charge on any atom is -0.487 e. The number of ether oxygens (including phenoxy) is 2. The van der Waals surface area contributed by atoms with Crippen molar-refractivity contribution in [1.29, 1.82) is 0 Å². The highest BCUT2D eigenvalue weighted by Crippen LogP contribution is 2.30. The van der Waals surface area contributed by atoms with Crippen LogP contribution in [-0.4, -0.2) is 17.7 Å². The Hall–Kier alpha value is -2.15. The minimum atomic E-state index is -2.93. The molecule has 0 unspecified atom stereocenters. The van der Waals surface area contributed by atoms with E-state index in [1.54, 1.807) is 31.2 Å². The predicted octanol–water partition coefficient (Wildman–Crippen LogP) is 3.94. The van der Waals surface area contributed by atoms with Crippen molar-refractivity contribution < 1.29 is 28.2 Å². The second kappa shape index (κ2) is 6.53. The van der Waals surface area contributed by atoms with Gasteiger partial charge in [-0.3, -0.25) is 0 Å². The van der Waals surface area contributed by atoms with E-state index >= 15 is 0 Å². The topological polar surface area (TPSA) is 55.8 Å². The summed E-state index contributed by atoms with van der Waals surface area (Å²) in [6, 6.07) is 7.82. The van der Waals surface area contributed by atoms with Crippen molar-refractivity contribution in [3.8, 4) is 11.5 Å². The number of hydrogen-bond acceptors (Lipinski definition) is 4. The smallest absolute Gasteiger partial charge is 0.387 e. The molecule has 1 heterocycles. The van der Waals surface area contributed by atoms with Crippen LogP contribution >= 0.6 is 11.3 Å². The Morgan fingerprint density at radius 2 is 2.05 bits per heavy atom. The van der Waals surface area contributed by atoms with Gasteiger partial charge in [0.25, 0.3) is 0 Å². The van der Waals surface area contributed by atoms with Crippen molar-refractivity contribution in [3.05, 3.63) is 45.6 Å². The summed E-state index contributed by atoms with van der Waals surface area (Å²) in [5.41, 5.74) is 0.415. The normalized spacial score (nSPS) is 10.7. The fourth-order valence-electron chi connectivity index (χ4n) is 1.74. The molecule has 4 nitrogen and oxygen atoms in total. The Morgan fingerprint density at radius 1 is 1.33 bits per heavy atom. The Morgan fingerprint density at radius 3 is 2.71 bits per heavy atom. The molecule has 21 heavy (non-hydrogen) atoms. The number of alkyl halides is 2. The van der Waals surface area contributed by atoms with Gasteiger partial charge < -0.3 is 14.6 Å². The summed E-state index contributed by atoms with van der Waals surface area (Å²) in [6.07, 6.45) is 0. The van der Waals surface area contributed by atoms with E-state index in [2.05, 4.69) is 4.74 Å². The summed E-state index contributed by atoms with van der Waals surface area (Å²) in [5.74, 6) is -0.853. The number of carboxylic acids is 1. The molecule has 2 rings (SSSR count). The van der Waals surface area contributed by atoms with Gasteiger partial charge in [0.15, 0.2) is 4.88 Å². The summed E-state index contributed by atoms with van der Waals surface area (Å²) in [4.78, 5) is 11.9. The number of carboxylic acid groups (broad SMARTS) is 1. The molecule has 0 radical (unpaired) electrons. The Labute approximate surface area is 123 Å². The van der Waals surface area contributed by atoms with Gasteiger partial charge in [0.05, 0.1) is 0 Å². The lowest BCUT2D eigenvalue weighted by molar-refractivity contribution is -0.0508. The molecule has 0 aliphatic heterocycles. The molecule has 0 amide bonds. The van der Waals surface area contributed by atoms with E-state index in [-0.39, 0.29) is 23.0 Å². The van der Waals surface area contributed by atoms with Crippen LogP contribution in [-0.2, 0) is 6.61 Å². The van der Waals surface area contributed by atoms with E-state index in [1.807, 2.05) is 0 Å². The second-order valence-corrected chi connectivity index (χ2v) is 5.39. The summed E-state index contributed by atoms with van der Waals surface area (Å²) >= 11 is 1.10. The number of aromatic carboxylic acids is 1. The summed E-state index contributed by atoms with van der Waals surface area (Å²) in [7, 11) is 0. The van der Waals surface area contributed by atoms with E-state index < -0.39 is 12.6 Å². The molecule has 0 aliphatic carbocycles. The number of para-hydroxylation sites is 1. The largest absolute Gasteiger partial charge is 0.487 e. The van der Waals surface area contributed by atoms with Crippen LogP contribution in [0.3, 0.4) is 0 Å². The molecule has 1 aromatic heterocycles. The van der Waals surface area contributed by atoms with Gasteiger partial charge in [-0.1, -0.05) is 18.2 Å². The van der Waals surface area contributed by atoms with Gasteiger partial charge in [-0.05, 0) is 19.1 Å². The lowest BCUT2D eigenvalue weighted by Crippen LogP contribution is -2.06. The van der Waals surface area contributed by atoms with Crippen LogP contribution in [0.4, 0.5) is 8.78 Å². The van der Waals surface area contributed by atoms with Crippen LogP contribution < -0.4 is 9.47 Å². The number of rotatable bonds is 6. The molecule has 0 saturated carbocycles. The van der Waals surface area contributed by atoms with Crippen molar-refractivity contribution in [3.63, 3.8) is 0 Å². The van der Waals surface area contributed by atoms with Gasteiger partial charge in [0.1, 0.15) is 18.1 Å². The Balaban J connectivity index is 2.15. The zero-order valence-electron chi connectivity index (χ0n) is 11.0. The maximum atomic E-state index is 12.3. The number of hydrogen-bond donors (Lipinski definition) is 1. The molecule has 0 bridgehead atoms. The van der Waals surface area contributed by atoms with E-state index in [9.17, 15) is 13.6 Å². The first-order valence-corrected chi connectivity index (χ1v) is 6.78. The first kappa shape index (κ1) is 15.2. The average Bonchev–Trinajstić information content (AvgIpc) is 2.78. The van der Waals surface area contributed by atoms with Crippen molar-refractivity contribution in [1.82, 2.24) is 0 Å². The number of benzene rings is 1. The molecule has 112 valence electrons. The Kier molecular flexibility index (Phi) is 4.74. The lowest BCUT2D eigenvalue weighted by Gasteiger charge is -2.11. The van der Waals surface area contributed by atoms with Gasteiger partial charge in [-0.25, -0.2) is 4.79 Å². The second-order valence-electron chi connectivity index (χ2n) is 4.13. The first-order valence-electron chi connectivity index (χ1n) is 5.96.